The van der Waals surface area contributed by atoms with E-state index in [9.17, 15) is 14.4 Å². The van der Waals surface area contributed by atoms with Crippen molar-refractivity contribution in [1.29, 1.82) is 0 Å². The van der Waals surface area contributed by atoms with Gasteiger partial charge in [-0.2, -0.15) is 0 Å². The number of carboxylic acids is 1. The highest BCUT2D eigenvalue weighted by Gasteiger charge is 2.36. The lowest BCUT2D eigenvalue weighted by molar-refractivity contribution is -0.146. The molecule has 27 heavy (non-hydrogen) atoms. The Morgan fingerprint density at radius 3 is 2.78 bits per heavy atom. The van der Waals surface area contributed by atoms with Gasteiger partial charge in [0, 0.05) is 36.1 Å². The molecule has 2 bridgehead atoms. The number of fused-ring (bicyclic) bond motifs is 4. The number of aliphatic carboxylic acids is 1. The van der Waals surface area contributed by atoms with Crippen molar-refractivity contribution in [1.82, 2.24) is 9.47 Å². The Morgan fingerprint density at radius 1 is 1.19 bits per heavy atom. The van der Waals surface area contributed by atoms with Gasteiger partial charge in [0.2, 0.25) is 5.91 Å². The zero-order valence-electron chi connectivity index (χ0n) is 14.7. The molecular formula is C19H20N2O5S. The third-order valence-corrected chi connectivity index (χ3v) is 6.10. The second-order valence-electron chi connectivity index (χ2n) is 7.05. The summed E-state index contributed by atoms with van der Waals surface area (Å²) >= 11 is 1.55. The fourth-order valence-electron chi connectivity index (χ4n) is 4.09. The van der Waals surface area contributed by atoms with Crippen LogP contribution in [0.5, 0.6) is 0 Å². The normalized spacial score (nSPS) is 21.0. The van der Waals surface area contributed by atoms with E-state index in [1.807, 2.05) is 34.2 Å². The van der Waals surface area contributed by atoms with Gasteiger partial charge in [0.05, 0.1) is 5.56 Å². The topological polar surface area (TPSA) is 88.8 Å². The molecule has 4 heterocycles. The van der Waals surface area contributed by atoms with Crippen LogP contribution in [0.25, 0.3) is 10.4 Å². The second-order valence-corrected chi connectivity index (χ2v) is 8.00. The predicted molar refractivity (Wildman–Crippen MR) is 99.9 cm³/mol. The molecule has 7 nitrogen and oxygen atoms in total. The summed E-state index contributed by atoms with van der Waals surface area (Å²) in [6, 6.07) is 7.78. The molecule has 8 heteroatoms. The van der Waals surface area contributed by atoms with E-state index in [4.69, 9.17) is 9.84 Å². The highest BCUT2D eigenvalue weighted by atomic mass is 32.1. The van der Waals surface area contributed by atoms with Crippen LogP contribution in [0.1, 0.15) is 18.0 Å². The van der Waals surface area contributed by atoms with Gasteiger partial charge in [0.15, 0.2) is 0 Å². The number of pyridine rings is 1. The van der Waals surface area contributed by atoms with Gasteiger partial charge in [0.1, 0.15) is 13.2 Å². The zero-order valence-corrected chi connectivity index (χ0v) is 15.5. The maximum Gasteiger partial charge on any atom is 0.329 e. The minimum Gasteiger partial charge on any atom is -0.480 e. The lowest BCUT2D eigenvalue weighted by Crippen LogP contribution is -2.50. The summed E-state index contributed by atoms with van der Waals surface area (Å²) in [5.74, 6) is -0.952. The van der Waals surface area contributed by atoms with Crippen molar-refractivity contribution in [2.75, 3.05) is 26.3 Å². The Balaban J connectivity index is 1.53. The maximum atomic E-state index is 13.0. The number of thiophene rings is 1. The van der Waals surface area contributed by atoms with Gasteiger partial charge in [-0.1, -0.05) is 6.07 Å². The van der Waals surface area contributed by atoms with Crippen molar-refractivity contribution in [3.05, 3.63) is 45.7 Å². The van der Waals surface area contributed by atoms with E-state index in [1.54, 1.807) is 16.2 Å². The summed E-state index contributed by atoms with van der Waals surface area (Å²) in [7, 11) is 0. The summed E-state index contributed by atoms with van der Waals surface area (Å²) in [4.78, 5) is 38.5. The first-order valence-electron chi connectivity index (χ1n) is 8.88. The summed E-state index contributed by atoms with van der Waals surface area (Å²) in [5.41, 5.74) is 1.73. The Hall–Kier alpha value is -2.45. The van der Waals surface area contributed by atoms with E-state index in [0.717, 1.165) is 22.6 Å². The smallest absolute Gasteiger partial charge is 0.329 e. The van der Waals surface area contributed by atoms with Gasteiger partial charge in [0.25, 0.3) is 5.56 Å². The molecule has 1 amide bonds. The van der Waals surface area contributed by atoms with Gasteiger partial charge < -0.3 is 19.3 Å². The number of carbonyl (C=O) groups is 2. The van der Waals surface area contributed by atoms with E-state index < -0.39 is 12.6 Å². The average molecular weight is 388 g/mol. The highest BCUT2D eigenvalue weighted by molar-refractivity contribution is 7.13. The number of piperidine rings is 1. The van der Waals surface area contributed by atoms with Crippen LogP contribution < -0.4 is 5.56 Å². The Kier molecular flexibility index (Phi) is 4.84. The van der Waals surface area contributed by atoms with Gasteiger partial charge in [-0.05, 0) is 35.9 Å². The minimum atomic E-state index is -1.09. The first-order valence-corrected chi connectivity index (χ1v) is 9.76. The third kappa shape index (κ3) is 3.54. The SMILES string of the molecule is O=C(O)COCC(=O)N1C[C@H]2C[C@H](C1)c1ccc(-c3cccs3)c(=O)n1C2. The fraction of sp³-hybridized carbons (Fsp3) is 0.421. The number of nitrogens with zero attached hydrogens (tertiary/aromatic N) is 2. The number of hydrogen-bond donors (Lipinski definition) is 1. The Bertz CT molecular complexity index is 921. The molecule has 1 N–H and O–H groups in total. The number of carbonyl (C=O) groups excluding carboxylic acids is 1. The van der Waals surface area contributed by atoms with Gasteiger partial charge in [-0.3, -0.25) is 9.59 Å². The monoisotopic (exact) mass is 388 g/mol. The molecule has 2 aliphatic rings. The minimum absolute atomic E-state index is 0.0363. The molecular weight excluding hydrogens is 368 g/mol. The van der Waals surface area contributed by atoms with Crippen LogP contribution >= 0.6 is 11.3 Å². The van der Waals surface area contributed by atoms with E-state index in [1.165, 1.54) is 0 Å². The number of carboxylic acid groups (broad SMARTS) is 1. The number of likely N-dealkylation sites (tertiary alicyclic amines) is 1. The largest absolute Gasteiger partial charge is 0.480 e. The maximum absolute atomic E-state index is 13.0. The van der Waals surface area contributed by atoms with E-state index in [0.29, 0.717) is 19.6 Å². The summed E-state index contributed by atoms with van der Waals surface area (Å²) in [5, 5.41) is 10.6. The van der Waals surface area contributed by atoms with Crippen LogP contribution in [0.3, 0.4) is 0 Å². The number of rotatable bonds is 5. The van der Waals surface area contributed by atoms with Gasteiger partial charge in [-0.15, -0.1) is 11.3 Å². The summed E-state index contributed by atoms with van der Waals surface area (Å²) < 4.78 is 6.80. The molecule has 0 aromatic carbocycles. The molecule has 2 aromatic heterocycles. The van der Waals surface area contributed by atoms with E-state index >= 15 is 0 Å². The van der Waals surface area contributed by atoms with Gasteiger partial charge in [-0.25, -0.2) is 4.79 Å². The third-order valence-electron chi connectivity index (χ3n) is 5.19. The summed E-state index contributed by atoms with van der Waals surface area (Å²) in [6.45, 7) is 1.00. The highest BCUT2D eigenvalue weighted by Crippen LogP contribution is 2.36. The molecule has 0 unspecified atom stereocenters. The molecule has 4 rings (SSSR count). The molecule has 0 radical (unpaired) electrons. The molecule has 0 aliphatic carbocycles. The van der Waals surface area contributed by atoms with E-state index in [2.05, 4.69) is 0 Å². The lowest BCUT2D eigenvalue weighted by atomic mass is 9.83. The number of ether oxygens (including phenoxy) is 1. The number of amides is 1. The van der Waals surface area contributed by atoms with Crippen LogP contribution in [0.4, 0.5) is 0 Å². The molecule has 2 atom stereocenters. The molecule has 1 saturated heterocycles. The predicted octanol–water partition coefficient (Wildman–Crippen LogP) is 1.62. The van der Waals surface area contributed by atoms with Crippen LogP contribution in [0.15, 0.2) is 34.4 Å². The van der Waals surface area contributed by atoms with Crippen molar-refractivity contribution < 1.29 is 19.4 Å². The quantitative estimate of drug-likeness (QED) is 0.841. The van der Waals surface area contributed by atoms with Crippen molar-refractivity contribution in [2.24, 2.45) is 5.92 Å². The number of aromatic nitrogens is 1. The molecule has 0 saturated carbocycles. The molecule has 0 spiro atoms. The van der Waals surface area contributed by atoms with E-state index in [-0.39, 0.29) is 29.9 Å². The van der Waals surface area contributed by atoms with Crippen molar-refractivity contribution in [3.8, 4) is 10.4 Å². The molecule has 1 fully saturated rings. The van der Waals surface area contributed by atoms with Crippen molar-refractivity contribution >= 4 is 23.2 Å². The van der Waals surface area contributed by atoms with Gasteiger partial charge >= 0.3 is 5.97 Å². The van der Waals surface area contributed by atoms with Crippen molar-refractivity contribution in [3.63, 3.8) is 0 Å². The Labute approximate surface area is 159 Å². The Morgan fingerprint density at radius 2 is 2.04 bits per heavy atom. The molecule has 142 valence electrons. The first kappa shape index (κ1) is 17.9. The summed E-state index contributed by atoms with van der Waals surface area (Å²) in [6.07, 6.45) is 0.956. The van der Waals surface area contributed by atoms with Crippen molar-refractivity contribution in [2.45, 2.75) is 18.9 Å². The molecule has 2 aromatic rings. The second kappa shape index (κ2) is 7.28. The average Bonchev–Trinajstić information content (AvgIpc) is 3.16. The molecule has 2 aliphatic heterocycles. The lowest BCUT2D eigenvalue weighted by Gasteiger charge is -2.42. The van der Waals surface area contributed by atoms with Crippen LogP contribution in [0, 0.1) is 5.92 Å². The first-order chi connectivity index (χ1) is 13.0. The number of hydrogen-bond acceptors (Lipinski definition) is 5. The van der Waals surface area contributed by atoms with Crippen LogP contribution in [0.2, 0.25) is 0 Å². The van der Waals surface area contributed by atoms with Crippen LogP contribution in [-0.2, 0) is 20.9 Å². The van der Waals surface area contributed by atoms with Crippen LogP contribution in [-0.4, -0.2) is 52.8 Å². The fourth-order valence-corrected chi connectivity index (χ4v) is 4.83. The standard InChI is InChI=1S/C19H20N2O5S/c22-17(10-26-11-18(23)24)20-7-12-6-13(9-20)15-4-3-14(16-2-1-5-27-16)19(25)21(15)8-12/h1-5,12-13H,6-11H2,(H,23,24)/t12-,13-/m1/s1. The zero-order chi connectivity index (χ0) is 19.0.